The second kappa shape index (κ2) is 6.42. The second-order valence-corrected chi connectivity index (χ2v) is 6.18. The van der Waals surface area contributed by atoms with Gasteiger partial charge in [-0.25, -0.2) is 0 Å². The minimum absolute atomic E-state index is 0.0445. The Morgan fingerprint density at radius 3 is 2.59 bits per heavy atom. The van der Waals surface area contributed by atoms with Crippen LogP contribution in [-0.4, -0.2) is 12.6 Å². The van der Waals surface area contributed by atoms with Gasteiger partial charge >= 0.3 is 5.97 Å². The molecule has 0 aromatic rings. The minimum atomic E-state index is 0.0445. The van der Waals surface area contributed by atoms with E-state index in [1.807, 2.05) is 0 Å². The molecule has 2 heteroatoms. The normalized spacial score (nSPS) is 36.5. The Morgan fingerprint density at radius 2 is 1.76 bits per heavy atom. The quantitative estimate of drug-likeness (QED) is 0.598. The van der Waals surface area contributed by atoms with Gasteiger partial charge in [-0.1, -0.05) is 39.0 Å². The number of esters is 1. The second-order valence-electron chi connectivity index (χ2n) is 6.18. The summed E-state index contributed by atoms with van der Waals surface area (Å²) in [5.74, 6) is 2.05. The lowest BCUT2D eigenvalue weighted by molar-refractivity contribution is -0.146. The van der Waals surface area contributed by atoms with Crippen LogP contribution in [0.1, 0.15) is 64.7 Å². The Balaban J connectivity index is 1.98. The highest BCUT2D eigenvalue weighted by Gasteiger charge is 2.24. The maximum Gasteiger partial charge on any atom is 0.306 e. The summed E-state index contributed by atoms with van der Waals surface area (Å²) in [6, 6.07) is 0. The predicted molar refractivity (Wildman–Crippen MR) is 68.7 cm³/mol. The maximum atomic E-state index is 11.7. The molecule has 17 heavy (non-hydrogen) atoms. The maximum absolute atomic E-state index is 11.7. The molecule has 0 aromatic heterocycles. The Bertz CT molecular complexity index is 249. The molecule has 1 heterocycles. The molecule has 0 aromatic carbocycles. The first kappa shape index (κ1) is 12.9. The molecule has 2 rings (SSSR count). The van der Waals surface area contributed by atoms with E-state index in [4.69, 9.17) is 4.74 Å². The fourth-order valence-corrected chi connectivity index (χ4v) is 3.33. The van der Waals surface area contributed by atoms with Crippen molar-refractivity contribution in [3.8, 4) is 0 Å². The van der Waals surface area contributed by atoms with Gasteiger partial charge in [0, 0.05) is 6.42 Å². The summed E-state index contributed by atoms with van der Waals surface area (Å²) >= 11 is 0. The van der Waals surface area contributed by atoms with Crippen molar-refractivity contribution in [3.63, 3.8) is 0 Å². The lowest BCUT2D eigenvalue weighted by atomic mass is 9.79. The van der Waals surface area contributed by atoms with Gasteiger partial charge in [0.05, 0.1) is 6.61 Å². The SMILES string of the molecule is C[C@@H]1CC[C@@H]2CCCCC[C@H](CC(=O)OC1)C2. The third-order valence-electron chi connectivity index (χ3n) is 4.44. The lowest BCUT2D eigenvalue weighted by Gasteiger charge is -2.28. The van der Waals surface area contributed by atoms with Crippen LogP contribution in [0.3, 0.4) is 0 Å². The number of hydrogen-bond acceptors (Lipinski definition) is 2. The zero-order valence-electron chi connectivity index (χ0n) is 11.1. The molecule has 3 atom stereocenters. The van der Waals surface area contributed by atoms with Crippen LogP contribution in [0.4, 0.5) is 0 Å². The van der Waals surface area contributed by atoms with Crippen molar-refractivity contribution < 1.29 is 9.53 Å². The van der Waals surface area contributed by atoms with Crippen LogP contribution >= 0.6 is 0 Å². The molecule has 2 bridgehead atoms. The first-order valence-electron chi connectivity index (χ1n) is 7.39. The Morgan fingerprint density at radius 1 is 1.00 bits per heavy atom. The molecule has 2 aliphatic rings. The first-order valence-corrected chi connectivity index (χ1v) is 7.39. The summed E-state index contributed by atoms with van der Waals surface area (Å²) in [6.07, 6.45) is 11.2. The van der Waals surface area contributed by atoms with Crippen LogP contribution in [0.15, 0.2) is 0 Å². The van der Waals surface area contributed by atoms with Crippen molar-refractivity contribution in [1.29, 1.82) is 0 Å². The minimum Gasteiger partial charge on any atom is -0.465 e. The summed E-state index contributed by atoms with van der Waals surface area (Å²) in [7, 11) is 0. The molecule has 0 unspecified atom stereocenters. The van der Waals surface area contributed by atoms with E-state index in [2.05, 4.69) is 6.92 Å². The fourth-order valence-electron chi connectivity index (χ4n) is 3.33. The van der Waals surface area contributed by atoms with Gasteiger partial charge in [-0.15, -0.1) is 0 Å². The van der Waals surface area contributed by atoms with E-state index in [1.165, 1.54) is 51.4 Å². The molecule has 1 saturated carbocycles. The molecule has 0 radical (unpaired) electrons. The van der Waals surface area contributed by atoms with Crippen LogP contribution < -0.4 is 0 Å². The van der Waals surface area contributed by atoms with Gasteiger partial charge in [-0.3, -0.25) is 4.79 Å². The van der Waals surface area contributed by atoms with Gasteiger partial charge < -0.3 is 4.74 Å². The number of fused-ring (bicyclic) bond motifs is 2. The van der Waals surface area contributed by atoms with Crippen molar-refractivity contribution in [2.75, 3.05) is 6.61 Å². The van der Waals surface area contributed by atoms with Crippen LogP contribution in [0.25, 0.3) is 0 Å². The molecule has 0 N–H and O–H groups in total. The van der Waals surface area contributed by atoms with E-state index in [-0.39, 0.29) is 5.97 Å². The van der Waals surface area contributed by atoms with Crippen molar-refractivity contribution >= 4 is 5.97 Å². The average Bonchev–Trinajstić information content (AvgIpc) is 2.28. The van der Waals surface area contributed by atoms with E-state index < -0.39 is 0 Å². The first-order chi connectivity index (χ1) is 8.24. The van der Waals surface area contributed by atoms with Crippen LogP contribution in [-0.2, 0) is 9.53 Å². The van der Waals surface area contributed by atoms with E-state index >= 15 is 0 Å². The highest BCUT2D eigenvalue weighted by Crippen LogP contribution is 2.33. The monoisotopic (exact) mass is 238 g/mol. The smallest absolute Gasteiger partial charge is 0.306 e. The van der Waals surface area contributed by atoms with E-state index in [9.17, 15) is 4.79 Å². The van der Waals surface area contributed by atoms with E-state index in [0.29, 0.717) is 24.9 Å². The molecular weight excluding hydrogens is 212 g/mol. The van der Waals surface area contributed by atoms with Gasteiger partial charge in [0.2, 0.25) is 0 Å². The number of rotatable bonds is 0. The number of carbonyl (C=O) groups excluding carboxylic acids is 1. The van der Waals surface area contributed by atoms with Gasteiger partial charge in [-0.2, -0.15) is 0 Å². The largest absolute Gasteiger partial charge is 0.465 e. The lowest BCUT2D eigenvalue weighted by Crippen LogP contribution is -2.21. The molecule has 0 spiro atoms. The average molecular weight is 238 g/mol. The summed E-state index contributed by atoms with van der Waals surface area (Å²) in [6.45, 7) is 2.84. The number of cyclic esters (lactones) is 1. The van der Waals surface area contributed by atoms with Crippen LogP contribution in [0.2, 0.25) is 0 Å². The zero-order valence-corrected chi connectivity index (χ0v) is 11.1. The molecule has 2 fully saturated rings. The summed E-state index contributed by atoms with van der Waals surface area (Å²) in [5, 5.41) is 0. The van der Waals surface area contributed by atoms with Gasteiger partial charge in [-0.05, 0) is 37.0 Å². The third kappa shape index (κ3) is 4.33. The van der Waals surface area contributed by atoms with Crippen LogP contribution in [0, 0.1) is 17.8 Å². The summed E-state index contributed by atoms with van der Waals surface area (Å²) in [5.41, 5.74) is 0. The molecule has 1 saturated heterocycles. The van der Waals surface area contributed by atoms with E-state index in [1.54, 1.807) is 0 Å². The van der Waals surface area contributed by atoms with Gasteiger partial charge in [0.25, 0.3) is 0 Å². The zero-order chi connectivity index (χ0) is 12.1. The fraction of sp³-hybridized carbons (Fsp3) is 0.933. The Kier molecular flexibility index (Phi) is 4.87. The number of ether oxygens (including phenoxy) is 1. The van der Waals surface area contributed by atoms with Crippen molar-refractivity contribution in [2.45, 2.75) is 64.7 Å². The Hall–Kier alpha value is -0.530. The molecule has 2 nitrogen and oxygen atoms in total. The van der Waals surface area contributed by atoms with Gasteiger partial charge in [0.1, 0.15) is 0 Å². The van der Waals surface area contributed by atoms with Crippen molar-refractivity contribution in [1.82, 2.24) is 0 Å². The van der Waals surface area contributed by atoms with E-state index in [0.717, 1.165) is 5.92 Å². The number of carbonyl (C=O) groups is 1. The highest BCUT2D eigenvalue weighted by atomic mass is 16.5. The summed E-state index contributed by atoms with van der Waals surface area (Å²) < 4.78 is 5.36. The van der Waals surface area contributed by atoms with Crippen molar-refractivity contribution in [3.05, 3.63) is 0 Å². The molecule has 1 aliphatic carbocycles. The Labute approximate surface area is 105 Å². The standard InChI is InChI=1S/C15H26O2/c1-12-7-8-13-5-3-2-4-6-14(9-13)10-15(16)17-11-12/h12-14H,2-11H2,1H3/t12-,13+,14+/m1/s1. The van der Waals surface area contributed by atoms with Crippen molar-refractivity contribution in [2.24, 2.45) is 17.8 Å². The highest BCUT2D eigenvalue weighted by molar-refractivity contribution is 5.69. The molecular formula is C15H26O2. The predicted octanol–water partition coefficient (Wildman–Crippen LogP) is 3.94. The molecule has 1 aliphatic heterocycles. The topological polar surface area (TPSA) is 26.3 Å². The third-order valence-corrected chi connectivity index (χ3v) is 4.44. The molecule has 98 valence electrons. The van der Waals surface area contributed by atoms with Crippen LogP contribution in [0.5, 0.6) is 0 Å². The van der Waals surface area contributed by atoms with Gasteiger partial charge in [0.15, 0.2) is 0 Å². The molecule has 0 amide bonds. The number of hydrogen-bond donors (Lipinski definition) is 0. The summed E-state index contributed by atoms with van der Waals surface area (Å²) in [4.78, 5) is 11.7.